The smallest absolute Gasteiger partial charge is 0.415 e. The Labute approximate surface area is 203 Å². The molecular formula is C25H29N5O5. The number of carbonyl (C=O) groups excluding carboxylic acids is 2. The largest absolute Gasteiger partial charge is 0.465 e. The van der Waals surface area contributed by atoms with Crippen molar-refractivity contribution in [2.75, 3.05) is 44.2 Å². The zero-order valence-corrected chi connectivity index (χ0v) is 19.6. The molecule has 3 heterocycles. The summed E-state index contributed by atoms with van der Waals surface area (Å²) in [4.78, 5) is 45.6. The van der Waals surface area contributed by atoms with Gasteiger partial charge in [-0.2, -0.15) is 0 Å². The first-order valence-electron chi connectivity index (χ1n) is 11.9. The van der Waals surface area contributed by atoms with Crippen LogP contribution in [0.25, 0.3) is 11.1 Å². The van der Waals surface area contributed by atoms with E-state index in [0.29, 0.717) is 56.7 Å². The lowest BCUT2D eigenvalue weighted by molar-refractivity contribution is 0.0737. The van der Waals surface area contributed by atoms with Crippen molar-refractivity contribution in [1.82, 2.24) is 20.1 Å². The molecule has 3 aliphatic rings. The van der Waals surface area contributed by atoms with Gasteiger partial charge in [-0.05, 0) is 55.2 Å². The monoisotopic (exact) mass is 479 g/mol. The number of rotatable bonds is 6. The van der Waals surface area contributed by atoms with Crippen molar-refractivity contribution >= 4 is 23.9 Å². The second-order valence-electron chi connectivity index (χ2n) is 9.37. The molecule has 0 spiro atoms. The number of aromatic nitrogens is 1. The van der Waals surface area contributed by atoms with Gasteiger partial charge in [-0.3, -0.25) is 14.6 Å². The Bertz CT molecular complexity index is 1130. The third kappa shape index (κ3) is 5.22. The average molecular weight is 480 g/mol. The van der Waals surface area contributed by atoms with E-state index in [4.69, 9.17) is 9.84 Å². The Kier molecular flexibility index (Phi) is 6.29. The highest BCUT2D eigenvalue weighted by Gasteiger charge is 2.35. The van der Waals surface area contributed by atoms with E-state index in [1.165, 1.54) is 9.80 Å². The van der Waals surface area contributed by atoms with Gasteiger partial charge in [-0.15, -0.1) is 0 Å². The average Bonchev–Trinajstić information content (AvgIpc) is 3.59. The van der Waals surface area contributed by atoms with Crippen molar-refractivity contribution in [3.63, 3.8) is 0 Å². The zero-order valence-electron chi connectivity index (χ0n) is 19.6. The molecule has 35 heavy (non-hydrogen) atoms. The van der Waals surface area contributed by atoms with E-state index in [0.717, 1.165) is 29.5 Å². The number of cyclic esters (lactones) is 1. The highest BCUT2D eigenvalue weighted by molar-refractivity contribution is 5.96. The summed E-state index contributed by atoms with van der Waals surface area (Å²) in [5, 5.41) is 12.1. The van der Waals surface area contributed by atoms with Crippen LogP contribution >= 0.6 is 0 Å². The predicted molar refractivity (Wildman–Crippen MR) is 129 cm³/mol. The van der Waals surface area contributed by atoms with Gasteiger partial charge in [-0.1, -0.05) is 6.07 Å². The summed E-state index contributed by atoms with van der Waals surface area (Å²) in [6.07, 6.45) is 2.15. The number of carboxylic acid groups (broad SMARTS) is 1. The number of amides is 3. The van der Waals surface area contributed by atoms with E-state index in [1.807, 2.05) is 31.2 Å². The minimum absolute atomic E-state index is 0.0615. The minimum Gasteiger partial charge on any atom is -0.465 e. The van der Waals surface area contributed by atoms with Crippen LogP contribution in [0, 0.1) is 6.92 Å². The summed E-state index contributed by atoms with van der Waals surface area (Å²) in [6.45, 7) is 5.07. The number of nitrogens with one attached hydrogen (secondary N) is 1. The summed E-state index contributed by atoms with van der Waals surface area (Å²) in [5.41, 5.74) is 3.45. The van der Waals surface area contributed by atoms with Crippen LogP contribution in [0.3, 0.4) is 0 Å². The molecule has 2 N–H and O–H groups in total. The number of carbonyl (C=O) groups is 3. The third-order valence-electron chi connectivity index (χ3n) is 6.73. The molecule has 1 aliphatic carbocycles. The third-order valence-corrected chi connectivity index (χ3v) is 6.73. The maximum atomic E-state index is 12.5. The Morgan fingerprint density at radius 1 is 1.14 bits per heavy atom. The van der Waals surface area contributed by atoms with Crippen LogP contribution < -0.4 is 10.2 Å². The lowest BCUT2D eigenvalue weighted by Gasteiger charge is -2.33. The molecule has 184 valence electrons. The molecule has 1 aromatic heterocycles. The van der Waals surface area contributed by atoms with Gasteiger partial charge in [-0.25, -0.2) is 14.6 Å². The van der Waals surface area contributed by atoms with Crippen LogP contribution in [0.5, 0.6) is 0 Å². The number of aryl methyl sites for hydroxylation is 1. The molecule has 10 heteroatoms. The predicted octanol–water partition coefficient (Wildman–Crippen LogP) is 2.57. The Balaban J connectivity index is 1.22. The van der Waals surface area contributed by atoms with Crippen molar-refractivity contribution in [3.8, 4) is 11.1 Å². The molecule has 5 rings (SSSR count). The van der Waals surface area contributed by atoms with Gasteiger partial charge in [0.2, 0.25) is 0 Å². The number of nitrogens with zero attached hydrogens (tertiary/aromatic N) is 4. The standard InChI is InChI=1S/C25H29N5O5/c1-16-2-3-17(23(31)27-19-5-6-19)12-21(16)18-4-7-22(26-13-18)30-15-20(35-25(30)34)14-28-8-10-29(11-9-28)24(32)33/h2-4,7,12-13,19-20H,5-6,8-11,14-15H2,1H3,(H,27,31)(H,32,33). The first kappa shape index (κ1) is 23.1. The number of benzene rings is 1. The van der Waals surface area contributed by atoms with Gasteiger partial charge >= 0.3 is 12.2 Å². The van der Waals surface area contributed by atoms with E-state index >= 15 is 0 Å². The maximum absolute atomic E-state index is 12.5. The second-order valence-corrected chi connectivity index (χ2v) is 9.37. The molecule has 3 fully saturated rings. The number of ether oxygens (including phenoxy) is 1. The normalized spacial score (nSPS) is 20.6. The number of piperazine rings is 1. The summed E-state index contributed by atoms with van der Waals surface area (Å²) < 4.78 is 5.55. The Morgan fingerprint density at radius 3 is 2.57 bits per heavy atom. The van der Waals surface area contributed by atoms with Gasteiger partial charge in [0.1, 0.15) is 11.9 Å². The summed E-state index contributed by atoms with van der Waals surface area (Å²) >= 11 is 0. The lowest BCUT2D eigenvalue weighted by atomic mass is 9.99. The number of hydrogen-bond acceptors (Lipinski definition) is 6. The quantitative estimate of drug-likeness (QED) is 0.654. The molecule has 0 bridgehead atoms. The van der Waals surface area contributed by atoms with Crippen molar-refractivity contribution in [2.24, 2.45) is 0 Å². The van der Waals surface area contributed by atoms with Gasteiger partial charge in [0.25, 0.3) is 5.91 Å². The van der Waals surface area contributed by atoms with E-state index in [1.54, 1.807) is 12.3 Å². The fourth-order valence-corrected chi connectivity index (χ4v) is 4.49. The number of pyridine rings is 1. The van der Waals surface area contributed by atoms with Gasteiger partial charge < -0.3 is 20.1 Å². The van der Waals surface area contributed by atoms with E-state index in [9.17, 15) is 14.4 Å². The summed E-state index contributed by atoms with van der Waals surface area (Å²) in [5.74, 6) is 0.450. The molecule has 1 aromatic carbocycles. The van der Waals surface area contributed by atoms with Gasteiger partial charge in [0.15, 0.2) is 0 Å². The summed E-state index contributed by atoms with van der Waals surface area (Å²) in [7, 11) is 0. The van der Waals surface area contributed by atoms with E-state index in [-0.39, 0.29) is 12.0 Å². The molecule has 0 radical (unpaired) electrons. The van der Waals surface area contributed by atoms with Crippen molar-refractivity contribution in [2.45, 2.75) is 31.9 Å². The highest BCUT2D eigenvalue weighted by Crippen LogP contribution is 2.28. The van der Waals surface area contributed by atoms with Crippen LogP contribution in [-0.4, -0.2) is 89.4 Å². The van der Waals surface area contributed by atoms with Crippen LogP contribution in [0.15, 0.2) is 36.5 Å². The summed E-state index contributed by atoms with van der Waals surface area (Å²) in [6, 6.07) is 9.64. The van der Waals surface area contributed by atoms with Crippen molar-refractivity contribution in [3.05, 3.63) is 47.7 Å². The molecule has 2 aliphatic heterocycles. The highest BCUT2D eigenvalue weighted by atomic mass is 16.6. The van der Waals surface area contributed by atoms with Crippen LogP contribution in [-0.2, 0) is 4.74 Å². The van der Waals surface area contributed by atoms with Crippen LogP contribution in [0.1, 0.15) is 28.8 Å². The SMILES string of the molecule is Cc1ccc(C(=O)NC2CC2)cc1-c1ccc(N2CC(CN3CCN(C(=O)O)CC3)OC2=O)nc1. The number of anilines is 1. The van der Waals surface area contributed by atoms with Crippen LogP contribution in [0.4, 0.5) is 15.4 Å². The van der Waals surface area contributed by atoms with E-state index < -0.39 is 12.2 Å². The second kappa shape index (κ2) is 9.53. The van der Waals surface area contributed by atoms with E-state index in [2.05, 4.69) is 15.2 Å². The fourth-order valence-electron chi connectivity index (χ4n) is 4.49. The molecule has 10 nitrogen and oxygen atoms in total. The minimum atomic E-state index is -0.902. The zero-order chi connectivity index (χ0) is 24.5. The molecule has 2 saturated heterocycles. The molecular weight excluding hydrogens is 450 g/mol. The molecule has 3 amide bonds. The maximum Gasteiger partial charge on any atom is 0.415 e. The van der Waals surface area contributed by atoms with Gasteiger partial charge in [0.05, 0.1) is 6.54 Å². The topological polar surface area (TPSA) is 115 Å². The fraction of sp³-hybridized carbons (Fsp3) is 0.440. The molecule has 1 saturated carbocycles. The molecule has 1 unspecified atom stereocenters. The molecule has 1 atom stereocenters. The molecule has 2 aromatic rings. The van der Waals surface area contributed by atoms with Crippen molar-refractivity contribution < 1.29 is 24.2 Å². The number of hydrogen-bond donors (Lipinski definition) is 2. The van der Waals surface area contributed by atoms with Crippen molar-refractivity contribution in [1.29, 1.82) is 0 Å². The Morgan fingerprint density at radius 2 is 1.91 bits per heavy atom. The first-order chi connectivity index (χ1) is 16.9. The lowest BCUT2D eigenvalue weighted by Crippen LogP contribution is -2.50. The van der Waals surface area contributed by atoms with Gasteiger partial charge in [0, 0.05) is 56.1 Å². The van der Waals surface area contributed by atoms with Crippen LogP contribution in [0.2, 0.25) is 0 Å². The first-order valence-corrected chi connectivity index (χ1v) is 11.9. The Hall–Kier alpha value is -3.66.